The first kappa shape index (κ1) is 14.2. The van der Waals surface area contributed by atoms with Crippen molar-refractivity contribution in [3.8, 4) is 0 Å². The summed E-state index contributed by atoms with van der Waals surface area (Å²) >= 11 is 3.48. The number of anilines is 1. The minimum Gasteiger partial charge on any atom is -0.459 e. The standard InChI is InChI=1S/C16H18BrN3O/c1-10(2)20-9-14(8-18-20)19-11(3)16-7-12-6-13(17)4-5-15(12)21-16/h4-11,19H,1-3H3. The van der Waals surface area contributed by atoms with Crippen molar-refractivity contribution in [1.29, 1.82) is 0 Å². The Labute approximate surface area is 132 Å². The van der Waals surface area contributed by atoms with E-state index in [0.717, 1.165) is 26.9 Å². The van der Waals surface area contributed by atoms with E-state index in [4.69, 9.17) is 4.42 Å². The van der Waals surface area contributed by atoms with E-state index >= 15 is 0 Å². The number of rotatable bonds is 4. The van der Waals surface area contributed by atoms with E-state index < -0.39 is 0 Å². The van der Waals surface area contributed by atoms with Crippen molar-refractivity contribution in [2.24, 2.45) is 0 Å². The minimum atomic E-state index is 0.0842. The number of nitrogens with zero attached hydrogens (tertiary/aromatic N) is 2. The molecule has 2 heterocycles. The molecule has 0 amide bonds. The van der Waals surface area contributed by atoms with Crippen molar-refractivity contribution in [2.45, 2.75) is 32.9 Å². The molecule has 0 saturated carbocycles. The van der Waals surface area contributed by atoms with Crippen molar-refractivity contribution in [2.75, 3.05) is 5.32 Å². The maximum atomic E-state index is 5.90. The summed E-state index contributed by atoms with van der Waals surface area (Å²) in [4.78, 5) is 0. The molecule has 1 N–H and O–H groups in total. The monoisotopic (exact) mass is 347 g/mol. The highest BCUT2D eigenvalue weighted by Crippen LogP contribution is 2.28. The Morgan fingerprint density at radius 1 is 1.24 bits per heavy atom. The lowest BCUT2D eigenvalue weighted by molar-refractivity contribution is 0.525. The lowest BCUT2D eigenvalue weighted by atomic mass is 10.2. The topological polar surface area (TPSA) is 43.0 Å². The Kier molecular flexibility index (Phi) is 3.76. The number of hydrogen-bond acceptors (Lipinski definition) is 3. The van der Waals surface area contributed by atoms with Gasteiger partial charge in [-0.1, -0.05) is 15.9 Å². The van der Waals surface area contributed by atoms with Crippen LogP contribution in [0.5, 0.6) is 0 Å². The van der Waals surface area contributed by atoms with Crippen LogP contribution in [0.3, 0.4) is 0 Å². The molecule has 0 aliphatic rings. The molecular weight excluding hydrogens is 330 g/mol. The van der Waals surface area contributed by atoms with Crippen molar-refractivity contribution >= 4 is 32.6 Å². The highest BCUT2D eigenvalue weighted by Gasteiger charge is 2.13. The second kappa shape index (κ2) is 5.56. The summed E-state index contributed by atoms with van der Waals surface area (Å²) in [6, 6.07) is 8.55. The summed E-state index contributed by atoms with van der Waals surface area (Å²) in [5.74, 6) is 0.917. The summed E-state index contributed by atoms with van der Waals surface area (Å²) in [6.07, 6.45) is 3.86. The largest absolute Gasteiger partial charge is 0.459 e. The zero-order valence-electron chi connectivity index (χ0n) is 12.3. The number of halogens is 1. The van der Waals surface area contributed by atoms with E-state index in [9.17, 15) is 0 Å². The van der Waals surface area contributed by atoms with Gasteiger partial charge < -0.3 is 9.73 Å². The maximum absolute atomic E-state index is 5.90. The quantitative estimate of drug-likeness (QED) is 0.709. The van der Waals surface area contributed by atoms with Gasteiger partial charge in [0.1, 0.15) is 11.3 Å². The third kappa shape index (κ3) is 2.97. The first-order valence-corrected chi connectivity index (χ1v) is 7.82. The van der Waals surface area contributed by atoms with E-state index in [1.165, 1.54) is 0 Å². The third-order valence-corrected chi connectivity index (χ3v) is 3.93. The van der Waals surface area contributed by atoms with Crippen LogP contribution >= 0.6 is 15.9 Å². The molecule has 21 heavy (non-hydrogen) atoms. The van der Waals surface area contributed by atoms with Crippen molar-refractivity contribution < 1.29 is 4.42 Å². The highest BCUT2D eigenvalue weighted by molar-refractivity contribution is 9.10. The van der Waals surface area contributed by atoms with Crippen LogP contribution in [-0.2, 0) is 0 Å². The maximum Gasteiger partial charge on any atom is 0.134 e. The van der Waals surface area contributed by atoms with E-state index in [-0.39, 0.29) is 6.04 Å². The molecule has 5 heteroatoms. The number of benzene rings is 1. The molecule has 0 saturated heterocycles. The molecule has 3 rings (SSSR count). The van der Waals surface area contributed by atoms with Gasteiger partial charge in [-0.2, -0.15) is 5.10 Å². The predicted molar refractivity (Wildman–Crippen MR) is 88.6 cm³/mol. The van der Waals surface area contributed by atoms with Crippen LogP contribution in [0.4, 0.5) is 5.69 Å². The fourth-order valence-corrected chi connectivity index (χ4v) is 2.64. The smallest absolute Gasteiger partial charge is 0.134 e. The molecule has 0 aliphatic carbocycles. The van der Waals surface area contributed by atoms with Gasteiger partial charge in [-0.25, -0.2) is 0 Å². The summed E-state index contributed by atoms with van der Waals surface area (Å²) < 4.78 is 8.89. The van der Waals surface area contributed by atoms with E-state index in [1.807, 2.05) is 29.2 Å². The van der Waals surface area contributed by atoms with Gasteiger partial charge in [-0.3, -0.25) is 4.68 Å². The van der Waals surface area contributed by atoms with Crippen molar-refractivity contribution in [1.82, 2.24) is 9.78 Å². The van der Waals surface area contributed by atoms with Crippen LogP contribution in [0, 0.1) is 0 Å². The number of furan rings is 1. The molecule has 2 aromatic heterocycles. The first-order chi connectivity index (χ1) is 10.0. The summed E-state index contributed by atoms with van der Waals surface area (Å²) in [6.45, 7) is 6.30. The molecule has 1 unspecified atom stereocenters. The molecular formula is C16H18BrN3O. The fourth-order valence-electron chi connectivity index (χ4n) is 2.26. The third-order valence-electron chi connectivity index (χ3n) is 3.44. The van der Waals surface area contributed by atoms with Crippen LogP contribution in [0.2, 0.25) is 0 Å². The summed E-state index contributed by atoms with van der Waals surface area (Å²) in [5, 5.41) is 8.86. The van der Waals surface area contributed by atoms with Crippen molar-refractivity contribution in [3.05, 3.63) is 46.9 Å². The molecule has 0 bridgehead atoms. The van der Waals surface area contributed by atoms with Crippen molar-refractivity contribution in [3.63, 3.8) is 0 Å². The molecule has 0 radical (unpaired) electrons. The Morgan fingerprint density at radius 2 is 2.05 bits per heavy atom. The summed E-state index contributed by atoms with van der Waals surface area (Å²) in [7, 11) is 0. The van der Waals surface area contributed by atoms with Gasteiger partial charge in [0.2, 0.25) is 0 Å². The minimum absolute atomic E-state index is 0.0842. The molecule has 1 atom stereocenters. The normalized spacial score (nSPS) is 13.0. The molecule has 0 spiro atoms. The van der Waals surface area contributed by atoms with Gasteiger partial charge in [-0.15, -0.1) is 0 Å². The van der Waals surface area contributed by atoms with Crippen LogP contribution in [-0.4, -0.2) is 9.78 Å². The molecule has 0 aliphatic heterocycles. The molecule has 1 aromatic carbocycles. The summed E-state index contributed by atoms with van der Waals surface area (Å²) in [5.41, 5.74) is 1.90. The van der Waals surface area contributed by atoms with Crippen LogP contribution in [0.15, 0.2) is 45.5 Å². The molecule has 4 nitrogen and oxygen atoms in total. The highest BCUT2D eigenvalue weighted by atomic mass is 79.9. The Hall–Kier alpha value is -1.75. The Bertz CT molecular complexity index is 760. The van der Waals surface area contributed by atoms with E-state index in [1.54, 1.807) is 0 Å². The van der Waals surface area contributed by atoms with Crippen LogP contribution in [0.1, 0.15) is 38.6 Å². The lowest BCUT2D eigenvalue weighted by Crippen LogP contribution is -2.05. The Morgan fingerprint density at radius 3 is 2.76 bits per heavy atom. The first-order valence-electron chi connectivity index (χ1n) is 7.02. The predicted octanol–water partition coefficient (Wildman–Crippen LogP) is 5.15. The van der Waals surface area contributed by atoms with Gasteiger partial charge in [0.15, 0.2) is 0 Å². The zero-order chi connectivity index (χ0) is 15.0. The molecule has 110 valence electrons. The molecule has 0 fully saturated rings. The zero-order valence-corrected chi connectivity index (χ0v) is 13.9. The number of nitrogens with one attached hydrogen (secondary N) is 1. The fraction of sp³-hybridized carbons (Fsp3) is 0.312. The van der Waals surface area contributed by atoms with Crippen LogP contribution < -0.4 is 5.32 Å². The average molecular weight is 348 g/mol. The van der Waals surface area contributed by atoms with Crippen LogP contribution in [0.25, 0.3) is 11.0 Å². The number of fused-ring (bicyclic) bond motifs is 1. The van der Waals surface area contributed by atoms with Gasteiger partial charge in [-0.05, 0) is 45.0 Å². The average Bonchev–Trinajstić information content (AvgIpc) is 3.04. The SMILES string of the molecule is CC(Nc1cnn(C(C)C)c1)c1cc2cc(Br)ccc2o1. The van der Waals surface area contributed by atoms with Gasteiger partial charge in [0, 0.05) is 22.1 Å². The second-order valence-corrected chi connectivity index (χ2v) is 6.42. The molecule has 3 aromatic rings. The van der Waals surface area contributed by atoms with Gasteiger partial charge in [0.05, 0.1) is 17.9 Å². The second-order valence-electron chi connectivity index (χ2n) is 5.50. The van der Waals surface area contributed by atoms with E-state index in [2.05, 4.69) is 59.2 Å². The van der Waals surface area contributed by atoms with E-state index in [0.29, 0.717) is 6.04 Å². The van der Waals surface area contributed by atoms with Gasteiger partial charge in [0.25, 0.3) is 0 Å². The van der Waals surface area contributed by atoms with Gasteiger partial charge >= 0.3 is 0 Å². The Balaban J connectivity index is 1.80. The number of aromatic nitrogens is 2. The lowest BCUT2D eigenvalue weighted by Gasteiger charge is -2.10. The number of hydrogen-bond donors (Lipinski definition) is 1.